The molecule has 0 aliphatic rings. The standard InChI is InChI=1S/C12H24N2O4/c1-12(2,3)18-11(17)13-9(8-15)6-7-10(16)14(4)5/h9,15H,6-8H2,1-5H3,(H,13,17)/t9-/m1/s1. The van der Waals surface area contributed by atoms with E-state index in [9.17, 15) is 9.59 Å². The second kappa shape index (κ2) is 7.20. The molecule has 0 aromatic carbocycles. The van der Waals surface area contributed by atoms with Crippen LogP contribution in [0.25, 0.3) is 0 Å². The molecular weight excluding hydrogens is 236 g/mol. The summed E-state index contributed by atoms with van der Waals surface area (Å²) in [4.78, 5) is 24.3. The van der Waals surface area contributed by atoms with Crippen LogP contribution in [0.15, 0.2) is 0 Å². The van der Waals surface area contributed by atoms with Gasteiger partial charge in [-0.1, -0.05) is 0 Å². The average Bonchev–Trinajstić information content (AvgIpc) is 2.20. The van der Waals surface area contributed by atoms with Crippen LogP contribution in [0, 0.1) is 0 Å². The number of carbonyl (C=O) groups is 2. The first-order chi connectivity index (χ1) is 8.15. The molecule has 18 heavy (non-hydrogen) atoms. The molecule has 2 amide bonds. The van der Waals surface area contributed by atoms with E-state index in [0.29, 0.717) is 6.42 Å². The molecule has 0 aromatic heterocycles. The summed E-state index contributed by atoms with van der Waals surface area (Å²) >= 11 is 0. The van der Waals surface area contributed by atoms with Gasteiger partial charge in [0.1, 0.15) is 5.60 Å². The zero-order chi connectivity index (χ0) is 14.3. The van der Waals surface area contributed by atoms with Crippen molar-refractivity contribution in [3.8, 4) is 0 Å². The Bertz CT molecular complexity index is 284. The van der Waals surface area contributed by atoms with E-state index in [1.165, 1.54) is 4.90 Å². The topological polar surface area (TPSA) is 78.9 Å². The first kappa shape index (κ1) is 16.7. The number of amides is 2. The van der Waals surface area contributed by atoms with E-state index < -0.39 is 17.7 Å². The van der Waals surface area contributed by atoms with Gasteiger partial charge in [-0.15, -0.1) is 0 Å². The Hall–Kier alpha value is -1.30. The highest BCUT2D eigenvalue weighted by Gasteiger charge is 2.19. The molecule has 0 aliphatic heterocycles. The summed E-state index contributed by atoms with van der Waals surface area (Å²) in [5.74, 6) is -0.0422. The third-order valence-corrected chi connectivity index (χ3v) is 2.15. The van der Waals surface area contributed by atoms with Crippen LogP contribution in [-0.4, -0.2) is 54.4 Å². The van der Waals surface area contributed by atoms with Crippen LogP contribution in [0.5, 0.6) is 0 Å². The monoisotopic (exact) mass is 260 g/mol. The van der Waals surface area contributed by atoms with E-state index in [-0.39, 0.29) is 18.9 Å². The van der Waals surface area contributed by atoms with Gasteiger partial charge in [0.2, 0.25) is 5.91 Å². The fourth-order valence-corrected chi connectivity index (χ4v) is 1.20. The zero-order valence-corrected chi connectivity index (χ0v) is 11.8. The minimum absolute atomic E-state index is 0.0422. The van der Waals surface area contributed by atoms with Gasteiger partial charge in [0.05, 0.1) is 12.6 Å². The van der Waals surface area contributed by atoms with Gasteiger partial charge < -0.3 is 20.1 Å². The van der Waals surface area contributed by atoms with Crippen LogP contribution in [0.2, 0.25) is 0 Å². The number of rotatable bonds is 5. The van der Waals surface area contributed by atoms with Gasteiger partial charge in [-0.3, -0.25) is 4.79 Å². The SMILES string of the molecule is CN(C)C(=O)CC[C@H](CO)NC(=O)OC(C)(C)C. The Morgan fingerprint density at radius 2 is 1.89 bits per heavy atom. The third-order valence-electron chi connectivity index (χ3n) is 2.15. The lowest BCUT2D eigenvalue weighted by molar-refractivity contribution is -0.128. The number of nitrogens with zero attached hydrogens (tertiary/aromatic N) is 1. The van der Waals surface area contributed by atoms with E-state index >= 15 is 0 Å². The maximum Gasteiger partial charge on any atom is 0.407 e. The van der Waals surface area contributed by atoms with Crippen molar-refractivity contribution in [3.05, 3.63) is 0 Å². The van der Waals surface area contributed by atoms with Crippen LogP contribution in [-0.2, 0) is 9.53 Å². The van der Waals surface area contributed by atoms with Crippen molar-refractivity contribution in [1.82, 2.24) is 10.2 Å². The van der Waals surface area contributed by atoms with Gasteiger partial charge in [0.25, 0.3) is 0 Å². The lowest BCUT2D eigenvalue weighted by Crippen LogP contribution is -2.41. The van der Waals surface area contributed by atoms with E-state index in [4.69, 9.17) is 9.84 Å². The Labute approximate surface area is 108 Å². The molecule has 1 atom stereocenters. The largest absolute Gasteiger partial charge is 0.444 e. The summed E-state index contributed by atoms with van der Waals surface area (Å²) in [6.07, 6.45) is 0.0692. The highest BCUT2D eigenvalue weighted by atomic mass is 16.6. The Morgan fingerprint density at radius 1 is 1.33 bits per heavy atom. The summed E-state index contributed by atoms with van der Waals surface area (Å²) < 4.78 is 5.07. The Morgan fingerprint density at radius 3 is 2.28 bits per heavy atom. The van der Waals surface area contributed by atoms with Gasteiger partial charge in [0, 0.05) is 20.5 Å². The predicted molar refractivity (Wildman–Crippen MR) is 68.2 cm³/mol. The summed E-state index contributed by atoms with van der Waals surface area (Å²) in [5, 5.41) is 11.7. The molecular formula is C12H24N2O4. The van der Waals surface area contributed by atoms with Crippen LogP contribution in [0.4, 0.5) is 4.79 Å². The number of alkyl carbamates (subject to hydrolysis) is 1. The molecule has 0 heterocycles. The Balaban J connectivity index is 4.12. The lowest BCUT2D eigenvalue weighted by atomic mass is 10.1. The first-order valence-electron chi connectivity index (χ1n) is 5.96. The van der Waals surface area contributed by atoms with E-state index in [2.05, 4.69) is 5.32 Å². The molecule has 0 aromatic rings. The van der Waals surface area contributed by atoms with Gasteiger partial charge in [-0.2, -0.15) is 0 Å². The minimum atomic E-state index is -0.584. The number of aliphatic hydroxyl groups excluding tert-OH is 1. The summed E-state index contributed by atoms with van der Waals surface area (Å²) in [5.41, 5.74) is -0.580. The number of ether oxygens (including phenoxy) is 1. The molecule has 0 rings (SSSR count). The number of carbonyl (C=O) groups excluding carboxylic acids is 2. The fourth-order valence-electron chi connectivity index (χ4n) is 1.20. The summed E-state index contributed by atoms with van der Waals surface area (Å²) in [6.45, 7) is 5.06. The van der Waals surface area contributed by atoms with Crippen molar-refractivity contribution in [3.63, 3.8) is 0 Å². The number of aliphatic hydroxyl groups is 1. The molecule has 0 spiro atoms. The van der Waals surface area contributed by atoms with Crippen molar-refractivity contribution in [2.45, 2.75) is 45.3 Å². The number of hydrogen-bond donors (Lipinski definition) is 2. The van der Waals surface area contributed by atoms with Gasteiger partial charge >= 0.3 is 6.09 Å². The fraction of sp³-hybridized carbons (Fsp3) is 0.833. The van der Waals surface area contributed by atoms with Gasteiger partial charge in [0.15, 0.2) is 0 Å². The van der Waals surface area contributed by atoms with Crippen molar-refractivity contribution >= 4 is 12.0 Å². The molecule has 0 radical (unpaired) electrons. The quantitative estimate of drug-likeness (QED) is 0.764. The lowest BCUT2D eigenvalue weighted by Gasteiger charge is -2.23. The molecule has 6 heteroatoms. The highest BCUT2D eigenvalue weighted by molar-refractivity contribution is 5.75. The molecule has 0 saturated carbocycles. The maximum atomic E-state index is 11.5. The Kier molecular flexibility index (Phi) is 6.68. The van der Waals surface area contributed by atoms with Crippen molar-refractivity contribution in [2.24, 2.45) is 0 Å². The smallest absolute Gasteiger partial charge is 0.407 e. The van der Waals surface area contributed by atoms with Crippen molar-refractivity contribution in [2.75, 3.05) is 20.7 Å². The third kappa shape index (κ3) is 7.89. The molecule has 0 fully saturated rings. The summed E-state index contributed by atoms with van der Waals surface area (Å²) in [7, 11) is 3.33. The van der Waals surface area contributed by atoms with E-state index in [0.717, 1.165) is 0 Å². The van der Waals surface area contributed by atoms with Crippen LogP contribution >= 0.6 is 0 Å². The maximum absolute atomic E-state index is 11.5. The van der Waals surface area contributed by atoms with Crippen molar-refractivity contribution < 1.29 is 19.4 Å². The van der Waals surface area contributed by atoms with Crippen molar-refractivity contribution in [1.29, 1.82) is 0 Å². The number of nitrogens with one attached hydrogen (secondary N) is 1. The molecule has 106 valence electrons. The molecule has 2 N–H and O–H groups in total. The van der Waals surface area contributed by atoms with E-state index in [1.54, 1.807) is 34.9 Å². The second-order valence-electron chi connectivity index (χ2n) is 5.35. The molecule has 0 aliphatic carbocycles. The zero-order valence-electron chi connectivity index (χ0n) is 11.8. The predicted octanol–water partition coefficient (Wildman–Crippen LogP) is 0.740. The molecule has 0 saturated heterocycles. The highest BCUT2D eigenvalue weighted by Crippen LogP contribution is 2.07. The first-order valence-corrected chi connectivity index (χ1v) is 5.96. The van der Waals surface area contributed by atoms with Crippen LogP contribution < -0.4 is 5.32 Å². The second-order valence-corrected chi connectivity index (χ2v) is 5.35. The molecule has 6 nitrogen and oxygen atoms in total. The van der Waals surface area contributed by atoms with Gasteiger partial charge in [-0.25, -0.2) is 4.79 Å². The molecule has 0 unspecified atom stereocenters. The summed E-state index contributed by atoms with van der Waals surface area (Å²) in [6, 6.07) is -0.469. The van der Waals surface area contributed by atoms with Gasteiger partial charge in [-0.05, 0) is 27.2 Å². The average molecular weight is 260 g/mol. The minimum Gasteiger partial charge on any atom is -0.444 e. The number of hydrogen-bond acceptors (Lipinski definition) is 4. The van der Waals surface area contributed by atoms with Crippen LogP contribution in [0.3, 0.4) is 0 Å². The normalized spacial score (nSPS) is 12.8. The van der Waals surface area contributed by atoms with E-state index in [1.807, 2.05) is 0 Å². The van der Waals surface area contributed by atoms with Crippen LogP contribution in [0.1, 0.15) is 33.6 Å². The molecule has 0 bridgehead atoms.